The summed E-state index contributed by atoms with van der Waals surface area (Å²) in [6.07, 6.45) is 1.90. The van der Waals surface area contributed by atoms with Gasteiger partial charge in [0.1, 0.15) is 0 Å². The summed E-state index contributed by atoms with van der Waals surface area (Å²) in [5, 5.41) is 0. The van der Waals surface area contributed by atoms with E-state index in [9.17, 15) is 0 Å². The average molecular weight is 500 g/mol. The van der Waals surface area contributed by atoms with Crippen LogP contribution in [0.1, 0.15) is 25.0 Å². The molecule has 0 aromatic heterocycles. The van der Waals surface area contributed by atoms with Crippen molar-refractivity contribution in [3.8, 4) is 11.5 Å². The van der Waals surface area contributed by atoms with E-state index in [0.717, 1.165) is 24.3 Å². The molecule has 0 heterocycles. The zero-order valence-corrected chi connectivity index (χ0v) is 21.8. The van der Waals surface area contributed by atoms with Gasteiger partial charge in [-0.05, 0) is 0 Å². The van der Waals surface area contributed by atoms with E-state index in [1.807, 2.05) is 36.4 Å². The summed E-state index contributed by atoms with van der Waals surface area (Å²) in [5.41, 5.74) is 2.41. The fraction of sp³-hybridized carbons (Fsp3) is 0.250. The fourth-order valence-corrected chi connectivity index (χ4v) is 9.02. The molecular weight excluding hydrogens is 478 g/mol. The molecule has 0 aliphatic rings. The summed E-state index contributed by atoms with van der Waals surface area (Å²) in [7, 11) is 0. The molecule has 3 nitrogen and oxygen atoms in total. The molecule has 5 heteroatoms. The third-order valence-electron chi connectivity index (χ3n) is 3.35. The SMILES string of the molecule is CCc1ccccc1[O][SnH]([O][SnH3])[O]c1ccccc1CC. The zero-order chi connectivity index (χ0) is 15.1. The van der Waals surface area contributed by atoms with Crippen LogP contribution in [0, 0.1) is 0 Å². The number of hydrogen-bond acceptors (Lipinski definition) is 3. The molecule has 0 unspecified atom stereocenters. The van der Waals surface area contributed by atoms with Crippen molar-refractivity contribution in [3.63, 3.8) is 0 Å². The normalized spacial score (nSPS) is 10.8. The Bertz CT molecular complexity index is 525. The van der Waals surface area contributed by atoms with Gasteiger partial charge in [-0.25, -0.2) is 0 Å². The minimum atomic E-state index is -2.92. The summed E-state index contributed by atoms with van der Waals surface area (Å²) in [6, 6.07) is 16.3. The van der Waals surface area contributed by atoms with Gasteiger partial charge in [-0.2, -0.15) is 0 Å². The van der Waals surface area contributed by atoms with Crippen molar-refractivity contribution in [2.75, 3.05) is 0 Å². The summed E-state index contributed by atoms with van der Waals surface area (Å²) in [4.78, 5) is 0. The second-order valence-electron chi connectivity index (χ2n) is 4.68. The first kappa shape index (κ1) is 17.0. The van der Waals surface area contributed by atoms with Crippen LogP contribution in [-0.2, 0) is 14.3 Å². The predicted octanol–water partition coefficient (Wildman–Crippen LogP) is 2.28. The molecule has 112 valence electrons. The van der Waals surface area contributed by atoms with Crippen LogP contribution < -0.4 is 6.15 Å². The maximum atomic E-state index is 6.11. The second kappa shape index (κ2) is 8.90. The molecular formula is C16H22O3Sn2. The number of rotatable bonds is 7. The van der Waals surface area contributed by atoms with Crippen molar-refractivity contribution < 1.29 is 7.56 Å². The fourth-order valence-electron chi connectivity index (χ4n) is 2.15. The standard InChI is InChI=1S/2C8H10O.O.2Sn.4H/c2*1-2-7-5-3-4-6-8(7)9;;;;;;;/h2*3-6,9H,2H2,1H3;;;;;;;/q;;;;+2;;;;/p-2. The molecule has 0 fully saturated rings. The number of para-hydroxylation sites is 2. The first-order valence-electron chi connectivity index (χ1n) is 7.30. The van der Waals surface area contributed by atoms with Crippen molar-refractivity contribution in [1.29, 1.82) is 0 Å². The van der Waals surface area contributed by atoms with E-state index in [1.54, 1.807) is 0 Å². The van der Waals surface area contributed by atoms with Crippen molar-refractivity contribution in [2.45, 2.75) is 26.7 Å². The Morgan fingerprint density at radius 1 is 0.810 bits per heavy atom. The van der Waals surface area contributed by atoms with Crippen molar-refractivity contribution in [3.05, 3.63) is 59.7 Å². The van der Waals surface area contributed by atoms with Gasteiger partial charge in [-0.3, -0.25) is 0 Å². The molecule has 2 aromatic carbocycles. The quantitative estimate of drug-likeness (QED) is 0.547. The molecule has 0 bridgehead atoms. The summed E-state index contributed by atoms with van der Waals surface area (Å²) in [6.45, 7) is 4.26. The van der Waals surface area contributed by atoms with E-state index in [1.165, 1.54) is 11.1 Å². The van der Waals surface area contributed by atoms with Gasteiger partial charge < -0.3 is 0 Å². The van der Waals surface area contributed by atoms with E-state index in [4.69, 9.17) is 7.56 Å². The van der Waals surface area contributed by atoms with Gasteiger partial charge in [-0.1, -0.05) is 0 Å². The van der Waals surface area contributed by atoms with Crippen LogP contribution in [0.4, 0.5) is 0 Å². The van der Waals surface area contributed by atoms with Crippen LogP contribution in [0.15, 0.2) is 48.5 Å². The Morgan fingerprint density at radius 2 is 1.24 bits per heavy atom. The van der Waals surface area contributed by atoms with E-state index in [2.05, 4.69) is 26.0 Å². The number of benzene rings is 2. The van der Waals surface area contributed by atoms with E-state index < -0.39 is 21.0 Å². The third kappa shape index (κ3) is 4.79. The van der Waals surface area contributed by atoms with Gasteiger partial charge in [0.05, 0.1) is 0 Å². The molecule has 0 aliphatic heterocycles. The van der Waals surface area contributed by atoms with Gasteiger partial charge in [0.2, 0.25) is 0 Å². The molecule has 0 saturated heterocycles. The van der Waals surface area contributed by atoms with Crippen molar-refractivity contribution in [1.82, 2.24) is 0 Å². The Morgan fingerprint density at radius 3 is 1.62 bits per heavy atom. The topological polar surface area (TPSA) is 27.7 Å². The Kier molecular flexibility index (Phi) is 7.19. The average Bonchev–Trinajstić information content (AvgIpc) is 2.55. The molecule has 0 atom stereocenters. The number of aryl methyl sites for hydroxylation is 2. The zero-order valence-electron chi connectivity index (χ0n) is 12.8. The summed E-state index contributed by atoms with van der Waals surface area (Å²) < 4.78 is 17.9. The second-order valence-corrected chi connectivity index (χ2v) is 18.0. The molecule has 2 aromatic rings. The van der Waals surface area contributed by atoms with Gasteiger partial charge in [-0.15, -0.1) is 0 Å². The predicted molar refractivity (Wildman–Crippen MR) is 91.1 cm³/mol. The summed E-state index contributed by atoms with van der Waals surface area (Å²) in [5.74, 6) is 1.84. The van der Waals surface area contributed by atoms with Crippen molar-refractivity contribution in [2.24, 2.45) is 0 Å². The minimum absolute atomic E-state index is 0.106. The van der Waals surface area contributed by atoms with Gasteiger partial charge >= 0.3 is 149 Å². The van der Waals surface area contributed by atoms with Crippen LogP contribution in [0.5, 0.6) is 11.5 Å². The monoisotopic (exact) mass is 502 g/mol. The maximum absolute atomic E-state index is 6.11. The van der Waals surface area contributed by atoms with Gasteiger partial charge in [0.15, 0.2) is 0 Å². The molecule has 0 spiro atoms. The molecule has 0 saturated carbocycles. The van der Waals surface area contributed by atoms with Crippen LogP contribution in [0.25, 0.3) is 0 Å². The summed E-state index contributed by atoms with van der Waals surface area (Å²) >= 11 is -2.81. The Labute approximate surface area is 148 Å². The van der Waals surface area contributed by atoms with Gasteiger partial charge in [0, 0.05) is 0 Å². The van der Waals surface area contributed by atoms with Crippen LogP contribution in [-0.4, -0.2) is 43.9 Å². The molecule has 21 heavy (non-hydrogen) atoms. The van der Waals surface area contributed by atoms with E-state index in [-0.39, 0.29) is 22.9 Å². The van der Waals surface area contributed by atoms with Crippen LogP contribution in [0.3, 0.4) is 0 Å². The van der Waals surface area contributed by atoms with Crippen LogP contribution >= 0.6 is 0 Å². The molecule has 0 amide bonds. The third-order valence-corrected chi connectivity index (χ3v) is 14.4. The Hall–Kier alpha value is -0.403. The molecule has 0 radical (unpaired) electrons. The van der Waals surface area contributed by atoms with Crippen molar-refractivity contribution >= 4 is 43.9 Å². The molecule has 0 aliphatic carbocycles. The molecule has 2 rings (SSSR count). The van der Waals surface area contributed by atoms with E-state index in [0.29, 0.717) is 0 Å². The van der Waals surface area contributed by atoms with E-state index >= 15 is 0 Å². The van der Waals surface area contributed by atoms with Crippen LogP contribution in [0.2, 0.25) is 0 Å². The molecule has 0 N–H and O–H groups in total. The number of hydrogen-bond donors (Lipinski definition) is 0. The first-order valence-corrected chi connectivity index (χ1v) is 13.7. The first-order chi connectivity index (χ1) is 10.3. The van der Waals surface area contributed by atoms with Gasteiger partial charge in [0.25, 0.3) is 0 Å². The Balaban J connectivity index is 2.13.